The molecule has 0 saturated carbocycles. The Morgan fingerprint density at radius 3 is 2.21 bits per heavy atom. The highest BCUT2D eigenvalue weighted by atomic mass is 32.2. The number of rotatable bonds is 6. The van der Waals surface area contributed by atoms with E-state index >= 15 is 0 Å². The highest BCUT2D eigenvalue weighted by molar-refractivity contribution is 7.91. The van der Waals surface area contributed by atoms with Gasteiger partial charge in [0.25, 0.3) is 0 Å². The highest BCUT2D eigenvalue weighted by Crippen LogP contribution is 2.19. The van der Waals surface area contributed by atoms with E-state index in [4.69, 9.17) is 0 Å². The Labute approximate surface area is 168 Å². The summed E-state index contributed by atoms with van der Waals surface area (Å²) in [5.41, 5.74) is 2.89. The van der Waals surface area contributed by atoms with E-state index < -0.39 is 15.6 Å². The number of halogens is 2. The van der Waals surface area contributed by atoms with Crippen LogP contribution in [0.15, 0.2) is 59.8 Å². The van der Waals surface area contributed by atoms with Crippen LogP contribution in [0, 0.1) is 0 Å². The number of imidazole rings is 1. The number of fused-ring (bicyclic) bond motifs is 1. The fraction of sp³-hybridized carbons (Fsp3) is 0.350. The third kappa shape index (κ3) is 4.47. The Bertz CT molecular complexity index is 1040. The van der Waals surface area contributed by atoms with Crippen LogP contribution in [-0.2, 0) is 22.9 Å². The molecule has 0 atom stereocenters. The molecule has 1 aliphatic heterocycles. The van der Waals surface area contributed by atoms with Crippen LogP contribution < -0.4 is 0 Å². The van der Waals surface area contributed by atoms with Crippen LogP contribution in [0.2, 0.25) is 0 Å². The van der Waals surface area contributed by atoms with Gasteiger partial charge in [-0.25, -0.2) is 13.4 Å². The van der Waals surface area contributed by atoms with Crippen molar-refractivity contribution in [1.82, 2.24) is 19.2 Å². The molecular formula is C20H22F2N4O2S. The molecule has 6 nitrogen and oxygen atoms in total. The van der Waals surface area contributed by atoms with Crippen LogP contribution >= 0.6 is 0 Å². The van der Waals surface area contributed by atoms with Gasteiger partial charge < -0.3 is 4.40 Å². The average Bonchev–Trinajstić information content (AvgIpc) is 3.12. The number of nitrogens with zero attached hydrogens (tertiary/aromatic N) is 4. The normalized spacial score (nSPS) is 16.7. The summed E-state index contributed by atoms with van der Waals surface area (Å²) in [6, 6.07) is 11.7. The van der Waals surface area contributed by atoms with Gasteiger partial charge in [-0.1, -0.05) is 18.2 Å². The SMILES string of the molecule is O=S(=O)(c1ccc(CN2CCN(Cc3cn4ccccc4n3)CC2)cc1)C(F)F. The molecule has 1 saturated heterocycles. The number of pyridine rings is 1. The van der Waals surface area contributed by atoms with Gasteiger partial charge in [0.15, 0.2) is 0 Å². The van der Waals surface area contributed by atoms with Crippen LogP contribution in [0.5, 0.6) is 0 Å². The monoisotopic (exact) mass is 420 g/mol. The standard InChI is InChI=1S/C20H22F2N4O2S/c21-20(22)29(27,28)18-6-4-16(5-7-18)13-24-9-11-25(12-10-24)14-17-15-26-8-2-1-3-19(26)23-17/h1-8,15,20H,9-14H2. The zero-order valence-electron chi connectivity index (χ0n) is 15.8. The van der Waals surface area contributed by atoms with Gasteiger partial charge >= 0.3 is 5.76 Å². The highest BCUT2D eigenvalue weighted by Gasteiger charge is 2.26. The Hall–Kier alpha value is -2.36. The van der Waals surface area contributed by atoms with E-state index in [1.165, 1.54) is 12.1 Å². The lowest BCUT2D eigenvalue weighted by Crippen LogP contribution is -2.45. The number of benzene rings is 1. The number of sulfone groups is 1. The molecule has 0 radical (unpaired) electrons. The van der Waals surface area contributed by atoms with Crippen molar-refractivity contribution in [2.75, 3.05) is 26.2 Å². The minimum atomic E-state index is -4.53. The number of piperazine rings is 1. The quantitative estimate of drug-likeness (QED) is 0.614. The van der Waals surface area contributed by atoms with E-state index in [0.29, 0.717) is 6.54 Å². The summed E-state index contributed by atoms with van der Waals surface area (Å²) >= 11 is 0. The van der Waals surface area contributed by atoms with E-state index in [9.17, 15) is 17.2 Å². The van der Waals surface area contributed by atoms with E-state index in [1.54, 1.807) is 12.1 Å². The lowest BCUT2D eigenvalue weighted by Gasteiger charge is -2.34. The van der Waals surface area contributed by atoms with Gasteiger partial charge in [-0.2, -0.15) is 8.78 Å². The summed E-state index contributed by atoms with van der Waals surface area (Å²) in [4.78, 5) is 8.93. The molecule has 0 bridgehead atoms. The summed E-state index contributed by atoms with van der Waals surface area (Å²) in [6.45, 7) is 5.04. The van der Waals surface area contributed by atoms with Crippen LogP contribution in [0.4, 0.5) is 8.78 Å². The Kier molecular flexibility index (Phi) is 5.62. The maximum atomic E-state index is 12.6. The number of aromatic nitrogens is 2. The van der Waals surface area contributed by atoms with Gasteiger partial charge in [0, 0.05) is 51.7 Å². The molecule has 0 spiro atoms. The first-order valence-electron chi connectivity index (χ1n) is 9.40. The lowest BCUT2D eigenvalue weighted by molar-refractivity contribution is 0.121. The second kappa shape index (κ2) is 8.17. The molecule has 1 fully saturated rings. The molecule has 1 aliphatic rings. The Morgan fingerprint density at radius 2 is 1.59 bits per heavy atom. The van der Waals surface area contributed by atoms with E-state index in [0.717, 1.165) is 49.6 Å². The summed E-state index contributed by atoms with van der Waals surface area (Å²) in [5.74, 6) is -3.39. The van der Waals surface area contributed by atoms with Crippen LogP contribution in [0.25, 0.3) is 5.65 Å². The number of alkyl halides is 2. The van der Waals surface area contributed by atoms with E-state index in [2.05, 4.69) is 21.0 Å². The molecular weight excluding hydrogens is 398 g/mol. The fourth-order valence-electron chi connectivity index (χ4n) is 3.54. The smallest absolute Gasteiger partial charge is 0.307 e. The maximum Gasteiger partial charge on any atom is 0.341 e. The first-order chi connectivity index (χ1) is 13.9. The second-order valence-corrected chi connectivity index (χ2v) is 9.12. The zero-order chi connectivity index (χ0) is 20.4. The number of hydrogen-bond donors (Lipinski definition) is 0. The van der Waals surface area contributed by atoms with Crippen molar-refractivity contribution >= 4 is 15.5 Å². The van der Waals surface area contributed by atoms with Crippen molar-refractivity contribution in [1.29, 1.82) is 0 Å². The molecule has 154 valence electrons. The van der Waals surface area contributed by atoms with Gasteiger partial charge in [0.1, 0.15) is 5.65 Å². The molecule has 3 heterocycles. The molecule has 0 amide bonds. The van der Waals surface area contributed by atoms with Crippen molar-refractivity contribution in [3.05, 3.63) is 66.1 Å². The lowest BCUT2D eigenvalue weighted by atomic mass is 10.2. The molecule has 0 N–H and O–H groups in total. The molecule has 0 unspecified atom stereocenters. The van der Waals surface area contributed by atoms with Crippen LogP contribution in [0.1, 0.15) is 11.3 Å². The summed E-state index contributed by atoms with van der Waals surface area (Å²) in [5, 5.41) is 0. The molecule has 3 aromatic rings. The number of hydrogen-bond acceptors (Lipinski definition) is 5. The van der Waals surface area contributed by atoms with Gasteiger partial charge in [-0.15, -0.1) is 0 Å². The Balaban J connectivity index is 1.30. The largest absolute Gasteiger partial charge is 0.341 e. The van der Waals surface area contributed by atoms with Crippen LogP contribution in [-0.4, -0.2) is 59.5 Å². The molecule has 1 aromatic carbocycles. The van der Waals surface area contributed by atoms with Crippen molar-refractivity contribution in [2.24, 2.45) is 0 Å². The average molecular weight is 420 g/mol. The van der Waals surface area contributed by atoms with Crippen molar-refractivity contribution in [3.63, 3.8) is 0 Å². The van der Waals surface area contributed by atoms with Gasteiger partial charge in [-0.3, -0.25) is 9.80 Å². The third-order valence-electron chi connectivity index (χ3n) is 5.16. The van der Waals surface area contributed by atoms with E-state index in [-0.39, 0.29) is 4.90 Å². The summed E-state index contributed by atoms with van der Waals surface area (Å²) in [6.07, 6.45) is 4.04. The summed E-state index contributed by atoms with van der Waals surface area (Å²) in [7, 11) is -4.53. The fourth-order valence-corrected chi connectivity index (χ4v) is 4.26. The zero-order valence-corrected chi connectivity index (χ0v) is 16.6. The second-order valence-electron chi connectivity index (χ2n) is 7.20. The van der Waals surface area contributed by atoms with Gasteiger partial charge in [0.2, 0.25) is 9.84 Å². The minimum Gasteiger partial charge on any atom is -0.307 e. The molecule has 2 aromatic heterocycles. The van der Waals surface area contributed by atoms with Gasteiger partial charge in [0.05, 0.1) is 10.6 Å². The van der Waals surface area contributed by atoms with Gasteiger partial charge in [-0.05, 0) is 29.8 Å². The molecule has 29 heavy (non-hydrogen) atoms. The predicted octanol–water partition coefficient (Wildman–Crippen LogP) is 2.65. The minimum absolute atomic E-state index is 0.339. The predicted molar refractivity (Wildman–Crippen MR) is 105 cm³/mol. The van der Waals surface area contributed by atoms with Crippen molar-refractivity contribution in [3.8, 4) is 0 Å². The molecule has 9 heteroatoms. The van der Waals surface area contributed by atoms with Crippen molar-refractivity contribution < 1.29 is 17.2 Å². The summed E-state index contributed by atoms with van der Waals surface area (Å²) < 4.78 is 50.3. The topological polar surface area (TPSA) is 57.9 Å². The maximum absolute atomic E-state index is 12.6. The van der Waals surface area contributed by atoms with Crippen LogP contribution in [0.3, 0.4) is 0 Å². The first kappa shape index (κ1) is 19.9. The Morgan fingerprint density at radius 1 is 0.931 bits per heavy atom. The molecule has 0 aliphatic carbocycles. The third-order valence-corrected chi connectivity index (χ3v) is 6.56. The van der Waals surface area contributed by atoms with Crippen molar-refractivity contribution in [2.45, 2.75) is 23.7 Å². The molecule has 4 rings (SSSR count). The first-order valence-corrected chi connectivity index (χ1v) is 10.9. The van der Waals surface area contributed by atoms with E-state index in [1.807, 2.05) is 28.8 Å².